The van der Waals surface area contributed by atoms with E-state index in [1.807, 2.05) is 0 Å². The average Bonchev–Trinajstić information content (AvgIpc) is 3.19. The molecule has 21 heavy (non-hydrogen) atoms. The Labute approximate surface area is 121 Å². The molecule has 1 heterocycles. The molecule has 3 rings (SSSR count). The fraction of sp³-hybridized carbons (Fsp3) is 0.250. The monoisotopic (exact) mass is 285 g/mol. The summed E-state index contributed by atoms with van der Waals surface area (Å²) in [4.78, 5) is 22.8. The van der Waals surface area contributed by atoms with Crippen LogP contribution in [0.4, 0.5) is 0 Å². The molecule has 0 atom stereocenters. The molecule has 5 nitrogen and oxygen atoms in total. The van der Waals surface area contributed by atoms with Gasteiger partial charge in [-0.25, -0.2) is 0 Å². The van der Waals surface area contributed by atoms with Crippen molar-refractivity contribution < 1.29 is 18.7 Å². The first kappa shape index (κ1) is 13.4. The summed E-state index contributed by atoms with van der Waals surface area (Å²) in [6.45, 7) is 0. The minimum atomic E-state index is -0.108. The number of rotatable bonds is 5. The molecular weight excluding hydrogens is 270 g/mol. The predicted octanol–water partition coefficient (Wildman–Crippen LogP) is 2.66. The van der Waals surface area contributed by atoms with Gasteiger partial charge < -0.3 is 14.5 Å². The third-order valence-corrected chi connectivity index (χ3v) is 3.38. The van der Waals surface area contributed by atoms with E-state index in [0.29, 0.717) is 35.0 Å². The number of benzene rings is 1. The van der Waals surface area contributed by atoms with Crippen molar-refractivity contribution in [3.8, 4) is 17.1 Å². The Morgan fingerprint density at radius 1 is 1.33 bits per heavy atom. The lowest BCUT2D eigenvalue weighted by atomic mass is 10.1. The zero-order valence-electron chi connectivity index (χ0n) is 11.6. The molecule has 1 N–H and O–H groups in total. The number of nitrogens with one attached hydrogen (secondary N) is 1. The summed E-state index contributed by atoms with van der Waals surface area (Å²) < 4.78 is 10.7. The molecule has 0 unspecified atom stereocenters. The molecule has 1 saturated carbocycles. The van der Waals surface area contributed by atoms with Gasteiger partial charge in [-0.1, -0.05) is 0 Å². The molecule has 1 fully saturated rings. The quantitative estimate of drug-likeness (QED) is 0.857. The maximum atomic E-state index is 12.1. The molecule has 1 aliphatic rings. The summed E-state index contributed by atoms with van der Waals surface area (Å²) in [5, 5.41) is 2.94. The van der Waals surface area contributed by atoms with Crippen molar-refractivity contribution in [1.29, 1.82) is 0 Å². The van der Waals surface area contributed by atoms with Gasteiger partial charge in [-0.2, -0.15) is 0 Å². The molecule has 2 aromatic rings. The molecule has 0 radical (unpaired) electrons. The van der Waals surface area contributed by atoms with Crippen molar-refractivity contribution in [2.75, 3.05) is 7.11 Å². The molecule has 1 aromatic heterocycles. The van der Waals surface area contributed by atoms with Crippen LogP contribution < -0.4 is 10.1 Å². The van der Waals surface area contributed by atoms with Crippen molar-refractivity contribution in [3.05, 3.63) is 41.7 Å². The van der Waals surface area contributed by atoms with Crippen LogP contribution in [0.15, 0.2) is 34.7 Å². The number of hydrogen-bond donors (Lipinski definition) is 1. The summed E-state index contributed by atoms with van der Waals surface area (Å²) in [6.07, 6.45) is 2.71. The maximum absolute atomic E-state index is 12.1. The Morgan fingerprint density at radius 2 is 2.14 bits per heavy atom. The molecule has 0 bridgehead atoms. The Kier molecular flexibility index (Phi) is 3.48. The smallest absolute Gasteiger partial charge is 0.251 e. The summed E-state index contributed by atoms with van der Waals surface area (Å²) in [6, 6.07) is 8.71. The number of aldehydes is 1. The normalized spacial score (nSPS) is 13.8. The summed E-state index contributed by atoms with van der Waals surface area (Å²) in [7, 11) is 1.55. The lowest BCUT2D eigenvalue weighted by Gasteiger charge is -2.09. The molecule has 0 saturated heterocycles. The van der Waals surface area contributed by atoms with E-state index in [4.69, 9.17) is 9.15 Å². The second kappa shape index (κ2) is 5.44. The first-order valence-corrected chi connectivity index (χ1v) is 6.75. The van der Waals surface area contributed by atoms with E-state index in [1.165, 1.54) is 0 Å². The van der Waals surface area contributed by atoms with Crippen LogP contribution >= 0.6 is 0 Å². The van der Waals surface area contributed by atoms with Crippen molar-refractivity contribution in [1.82, 2.24) is 5.32 Å². The van der Waals surface area contributed by atoms with Gasteiger partial charge in [-0.3, -0.25) is 9.59 Å². The van der Waals surface area contributed by atoms with E-state index in [9.17, 15) is 9.59 Å². The standard InChI is InChI=1S/C16H15NO4/c1-20-14-6-2-10(16(19)17-11-3-4-11)8-13(14)15-7-5-12(9-18)21-15/h2,5-9,11H,3-4H2,1H3,(H,17,19). The van der Waals surface area contributed by atoms with Gasteiger partial charge in [0.05, 0.1) is 12.7 Å². The van der Waals surface area contributed by atoms with E-state index >= 15 is 0 Å². The largest absolute Gasteiger partial charge is 0.496 e. The van der Waals surface area contributed by atoms with Gasteiger partial charge in [-0.15, -0.1) is 0 Å². The van der Waals surface area contributed by atoms with Gasteiger partial charge in [-0.05, 0) is 43.2 Å². The highest BCUT2D eigenvalue weighted by Crippen LogP contribution is 2.32. The van der Waals surface area contributed by atoms with Crippen LogP contribution in [0.25, 0.3) is 11.3 Å². The van der Waals surface area contributed by atoms with Crippen molar-refractivity contribution >= 4 is 12.2 Å². The van der Waals surface area contributed by atoms with Gasteiger partial charge in [0.2, 0.25) is 0 Å². The van der Waals surface area contributed by atoms with Crippen LogP contribution in [0.2, 0.25) is 0 Å². The van der Waals surface area contributed by atoms with Gasteiger partial charge in [0.15, 0.2) is 12.0 Å². The lowest BCUT2D eigenvalue weighted by molar-refractivity contribution is 0.0950. The Balaban J connectivity index is 1.95. The van der Waals surface area contributed by atoms with E-state index < -0.39 is 0 Å². The fourth-order valence-electron chi connectivity index (χ4n) is 2.10. The van der Waals surface area contributed by atoms with Crippen LogP contribution in [-0.2, 0) is 0 Å². The third kappa shape index (κ3) is 2.81. The number of carbonyl (C=O) groups excluding carboxylic acids is 2. The molecule has 0 spiro atoms. The molecular formula is C16H15NO4. The number of carbonyl (C=O) groups is 2. The van der Waals surface area contributed by atoms with Gasteiger partial charge in [0, 0.05) is 11.6 Å². The number of methoxy groups -OCH3 is 1. The van der Waals surface area contributed by atoms with Crippen LogP contribution in [0.1, 0.15) is 33.8 Å². The number of amides is 1. The number of hydrogen-bond acceptors (Lipinski definition) is 4. The molecule has 5 heteroatoms. The molecule has 108 valence electrons. The van der Waals surface area contributed by atoms with Crippen LogP contribution in [0.5, 0.6) is 5.75 Å². The predicted molar refractivity (Wildman–Crippen MR) is 76.6 cm³/mol. The number of furan rings is 1. The van der Waals surface area contributed by atoms with Crippen molar-refractivity contribution in [2.45, 2.75) is 18.9 Å². The zero-order chi connectivity index (χ0) is 14.8. The lowest BCUT2D eigenvalue weighted by Crippen LogP contribution is -2.25. The summed E-state index contributed by atoms with van der Waals surface area (Å²) >= 11 is 0. The van der Waals surface area contributed by atoms with Crippen LogP contribution in [0.3, 0.4) is 0 Å². The summed E-state index contributed by atoms with van der Waals surface area (Å²) in [5.41, 5.74) is 1.19. The Morgan fingerprint density at radius 3 is 2.76 bits per heavy atom. The van der Waals surface area contributed by atoms with E-state index in [1.54, 1.807) is 37.4 Å². The maximum Gasteiger partial charge on any atom is 0.251 e. The molecule has 1 aromatic carbocycles. The van der Waals surface area contributed by atoms with Crippen molar-refractivity contribution in [3.63, 3.8) is 0 Å². The van der Waals surface area contributed by atoms with E-state index in [0.717, 1.165) is 12.8 Å². The highest BCUT2D eigenvalue weighted by molar-refractivity contribution is 5.96. The van der Waals surface area contributed by atoms with Crippen LogP contribution in [0, 0.1) is 0 Å². The molecule has 1 aliphatic carbocycles. The molecule has 1 amide bonds. The van der Waals surface area contributed by atoms with Gasteiger partial charge in [0.1, 0.15) is 11.5 Å². The Hall–Kier alpha value is -2.56. The number of ether oxygens (including phenoxy) is 1. The highest BCUT2D eigenvalue weighted by Gasteiger charge is 2.24. The minimum absolute atomic E-state index is 0.108. The SMILES string of the molecule is COc1ccc(C(=O)NC2CC2)cc1-c1ccc(C=O)o1. The Bertz CT molecular complexity index is 685. The first-order valence-electron chi connectivity index (χ1n) is 6.75. The highest BCUT2D eigenvalue weighted by atomic mass is 16.5. The van der Waals surface area contributed by atoms with E-state index in [2.05, 4.69) is 5.32 Å². The average molecular weight is 285 g/mol. The van der Waals surface area contributed by atoms with E-state index in [-0.39, 0.29) is 11.7 Å². The van der Waals surface area contributed by atoms with Crippen LogP contribution in [-0.4, -0.2) is 25.3 Å². The topological polar surface area (TPSA) is 68.5 Å². The third-order valence-electron chi connectivity index (χ3n) is 3.38. The zero-order valence-corrected chi connectivity index (χ0v) is 11.6. The minimum Gasteiger partial charge on any atom is -0.496 e. The second-order valence-electron chi connectivity index (χ2n) is 4.98. The van der Waals surface area contributed by atoms with Crippen molar-refractivity contribution in [2.24, 2.45) is 0 Å². The van der Waals surface area contributed by atoms with Gasteiger partial charge >= 0.3 is 0 Å². The fourth-order valence-corrected chi connectivity index (χ4v) is 2.10. The molecule has 0 aliphatic heterocycles. The van der Waals surface area contributed by atoms with Gasteiger partial charge in [0.25, 0.3) is 5.91 Å². The summed E-state index contributed by atoms with van der Waals surface area (Å²) in [5.74, 6) is 1.21. The second-order valence-corrected chi connectivity index (χ2v) is 4.98. The first-order chi connectivity index (χ1) is 10.2.